The van der Waals surface area contributed by atoms with Crippen LogP contribution >= 0.6 is 11.3 Å². The number of carbonyl (C=O) groups excluding carboxylic acids is 2. The van der Waals surface area contributed by atoms with Gasteiger partial charge in [-0.15, -0.1) is 11.3 Å². The second-order valence-corrected chi connectivity index (χ2v) is 9.89. The summed E-state index contributed by atoms with van der Waals surface area (Å²) >= 11 is 1.36. The number of hydrogen-bond acceptors (Lipinski definition) is 5. The highest BCUT2D eigenvalue weighted by molar-refractivity contribution is 7.89. The molecule has 1 aromatic carbocycles. The summed E-state index contributed by atoms with van der Waals surface area (Å²) in [6, 6.07) is 9.14. The van der Waals surface area contributed by atoms with E-state index < -0.39 is 16.1 Å². The van der Waals surface area contributed by atoms with E-state index >= 15 is 0 Å². The van der Waals surface area contributed by atoms with E-state index in [1.165, 1.54) is 37.6 Å². The van der Waals surface area contributed by atoms with Gasteiger partial charge in [-0.1, -0.05) is 12.1 Å². The maximum absolute atomic E-state index is 12.9. The molecular weight excluding hydrogens is 398 g/mol. The van der Waals surface area contributed by atoms with Crippen molar-refractivity contribution in [3.63, 3.8) is 0 Å². The Bertz CT molecular complexity index is 955. The van der Waals surface area contributed by atoms with Crippen molar-refractivity contribution < 1.29 is 18.0 Å². The van der Waals surface area contributed by atoms with E-state index in [2.05, 4.69) is 5.32 Å². The standard InChI is InChI=1S/C19H23N3O4S2/c1-21(2)28(25,26)15-8-5-7-14(13-15)20-18(23)16-9-3-4-11-22(16)19(24)17-10-6-12-27-17/h5-8,10,12-13,16H,3-4,9,11H2,1-2H3,(H,20,23). The van der Waals surface area contributed by atoms with Gasteiger partial charge in [0, 0.05) is 26.3 Å². The predicted molar refractivity (Wildman–Crippen MR) is 109 cm³/mol. The van der Waals surface area contributed by atoms with Crippen molar-refractivity contribution in [2.45, 2.75) is 30.2 Å². The Hall–Kier alpha value is -2.23. The molecule has 1 aliphatic heterocycles. The molecule has 1 aromatic heterocycles. The highest BCUT2D eigenvalue weighted by Crippen LogP contribution is 2.24. The molecule has 2 amide bonds. The summed E-state index contributed by atoms with van der Waals surface area (Å²) in [4.78, 5) is 28.0. The minimum absolute atomic E-state index is 0.102. The predicted octanol–water partition coefficient (Wildman–Crippen LogP) is 2.63. The Labute approximate surface area is 169 Å². The SMILES string of the molecule is CN(C)S(=O)(=O)c1cccc(NC(=O)C2CCCCN2C(=O)c2cccs2)c1. The van der Waals surface area contributed by atoms with Crippen molar-refractivity contribution in [3.05, 3.63) is 46.7 Å². The molecule has 2 aromatic rings. The average molecular weight is 422 g/mol. The van der Waals surface area contributed by atoms with Gasteiger partial charge >= 0.3 is 0 Å². The number of piperidine rings is 1. The molecule has 2 heterocycles. The second-order valence-electron chi connectivity index (χ2n) is 6.79. The Morgan fingerprint density at radius 2 is 1.96 bits per heavy atom. The van der Waals surface area contributed by atoms with Gasteiger partial charge < -0.3 is 10.2 Å². The van der Waals surface area contributed by atoms with Gasteiger partial charge in [0.05, 0.1) is 9.77 Å². The number of thiophene rings is 1. The molecule has 1 unspecified atom stereocenters. The van der Waals surface area contributed by atoms with E-state index in [1.54, 1.807) is 23.1 Å². The second kappa shape index (κ2) is 8.42. The van der Waals surface area contributed by atoms with Gasteiger partial charge in [0.2, 0.25) is 15.9 Å². The van der Waals surface area contributed by atoms with Crippen LogP contribution in [0, 0.1) is 0 Å². The van der Waals surface area contributed by atoms with Crippen molar-refractivity contribution in [3.8, 4) is 0 Å². The van der Waals surface area contributed by atoms with E-state index in [0.717, 1.165) is 17.1 Å². The molecule has 1 aliphatic rings. The van der Waals surface area contributed by atoms with Crippen LogP contribution in [-0.2, 0) is 14.8 Å². The van der Waals surface area contributed by atoms with Crippen LogP contribution in [-0.4, -0.2) is 56.1 Å². The fourth-order valence-corrected chi connectivity index (χ4v) is 4.79. The van der Waals surface area contributed by atoms with E-state index in [1.807, 2.05) is 11.4 Å². The lowest BCUT2D eigenvalue weighted by Gasteiger charge is -2.34. The topological polar surface area (TPSA) is 86.8 Å². The van der Waals surface area contributed by atoms with Gasteiger partial charge in [-0.3, -0.25) is 9.59 Å². The number of rotatable bonds is 5. The number of benzene rings is 1. The summed E-state index contributed by atoms with van der Waals surface area (Å²) in [6.07, 6.45) is 2.30. The smallest absolute Gasteiger partial charge is 0.264 e. The third-order valence-electron chi connectivity index (χ3n) is 4.68. The molecule has 0 aliphatic carbocycles. The number of hydrogen-bond donors (Lipinski definition) is 1. The van der Waals surface area contributed by atoms with Crippen LogP contribution in [0.2, 0.25) is 0 Å². The fraction of sp³-hybridized carbons (Fsp3) is 0.368. The zero-order chi connectivity index (χ0) is 20.3. The first kappa shape index (κ1) is 20.5. The van der Waals surface area contributed by atoms with Gasteiger partial charge in [-0.05, 0) is 48.9 Å². The van der Waals surface area contributed by atoms with Crippen molar-refractivity contribution >= 4 is 38.9 Å². The highest BCUT2D eigenvalue weighted by Gasteiger charge is 2.33. The number of carbonyl (C=O) groups is 2. The quantitative estimate of drug-likeness (QED) is 0.804. The number of likely N-dealkylation sites (tertiary alicyclic amines) is 1. The number of anilines is 1. The number of sulfonamides is 1. The van der Waals surface area contributed by atoms with Crippen LogP contribution in [0.25, 0.3) is 0 Å². The van der Waals surface area contributed by atoms with Crippen LogP contribution in [0.4, 0.5) is 5.69 Å². The van der Waals surface area contributed by atoms with E-state index in [9.17, 15) is 18.0 Å². The monoisotopic (exact) mass is 421 g/mol. The molecule has 1 N–H and O–H groups in total. The molecule has 1 atom stereocenters. The Morgan fingerprint density at radius 3 is 2.64 bits per heavy atom. The largest absolute Gasteiger partial charge is 0.326 e. The van der Waals surface area contributed by atoms with Crippen molar-refractivity contribution in [2.75, 3.05) is 26.0 Å². The highest BCUT2D eigenvalue weighted by atomic mass is 32.2. The molecule has 0 saturated carbocycles. The molecule has 28 heavy (non-hydrogen) atoms. The van der Waals surface area contributed by atoms with Crippen LogP contribution in [0.1, 0.15) is 28.9 Å². The maximum atomic E-state index is 12.9. The summed E-state index contributed by atoms with van der Waals surface area (Å²) in [7, 11) is -0.685. The summed E-state index contributed by atoms with van der Waals surface area (Å²) in [5.41, 5.74) is 0.391. The number of nitrogens with one attached hydrogen (secondary N) is 1. The first-order valence-corrected chi connectivity index (χ1v) is 11.3. The zero-order valence-corrected chi connectivity index (χ0v) is 17.4. The fourth-order valence-electron chi connectivity index (χ4n) is 3.16. The van der Waals surface area contributed by atoms with Crippen LogP contribution in [0.3, 0.4) is 0 Å². The molecule has 0 spiro atoms. The first-order valence-electron chi connectivity index (χ1n) is 8.98. The zero-order valence-electron chi connectivity index (χ0n) is 15.8. The minimum Gasteiger partial charge on any atom is -0.326 e. The summed E-state index contributed by atoms with van der Waals surface area (Å²) < 4.78 is 25.7. The lowest BCUT2D eigenvalue weighted by Crippen LogP contribution is -2.49. The van der Waals surface area contributed by atoms with E-state index in [-0.39, 0.29) is 16.7 Å². The average Bonchev–Trinajstić information content (AvgIpc) is 3.22. The van der Waals surface area contributed by atoms with Gasteiger partial charge in [0.1, 0.15) is 6.04 Å². The summed E-state index contributed by atoms with van der Waals surface area (Å²) in [6.45, 7) is 0.532. The minimum atomic E-state index is -3.59. The van der Waals surface area contributed by atoms with Gasteiger partial charge in [-0.2, -0.15) is 0 Å². The summed E-state index contributed by atoms with van der Waals surface area (Å²) in [5.74, 6) is -0.442. The molecule has 150 valence electrons. The Morgan fingerprint density at radius 1 is 1.18 bits per heavy atom. The van der Waals surface area contributed by atoms with Crippen LogP contribution in [0.15, 0.2) is 46.7 Å². The van der Waals surface area contributed by atoms with Crippen LogP contribution in [0.5, 0.6) is 0 Å². The lowest BCUT2D eigenvalue weighted by atomic mass is 10.0. The normalized spacial score (nSPS) is 17.5. The number of nitrogens with zero attached hydrogens (tertiary/aromatic N) is 2. The lowest BCUT2D eigenvalue weighted by molar-refractivity contribution is -0.121. The Balaban J connectivity index is 1.79. The van der Waals surface area contributed by atoms with Gasteiger partial charge in [0.15, 0.2) is 0 Å². The third kappa shape index (κ3) is 4.26. The van der Waals surface area contributed by atoms with Gasteiger partial charge in [0.25, 0.3) is 5.91 Å². The number of amides is 2. The third-order valence-corrected chi connectivity index (χ3v) is 7.35. The molecule has 3 rings (SSSR count). The first-order chi connectivity index (χ1) is 13.3. The molecule has 0 radical (unpaired) electrons. The maximum Gasteiger partial charge on any atom is 0.264 e. The van der Waals surface area contributed by atoms with Crippen molar-refractivity contribution in [1.29, 1.82) is 0 Å². The molecular formula is C19H23N3O4S2. The van der Waals surface area contributed by atoms with E-state index in [4.69, 9.17) is 0 Å². The van der Waals surface area contributed by atoms with E-state index in [0.29, 0.717) is 23.5 Å². The molecule has 0 bridgehead atoms. The summed E-state index contributed by atoms with van der Waals surface area (Å²) in [5, 5.41) is 4.62. The van der Waals surface area contributed by atoms with Crippen LogP contribution < -0.4 is 5.32 Å². The molecule has 1 fully saturated rings. The van der Waals surface area contributed by atoms with Gasteiger partial charge in [-0.25, -0.2) is 12.7 Å². The Kier molecular flexibility index (Phi) is 6.17. The van der Waals surface area contributed by atoms with Crippen molar-refractivity contribution in [2.24, 2.45) is 0 Å². The molecule has 1 saturated heterocycles. The molecule has 7 nitrogen and oxygen atoms in total. The van der Waals surface area contributed by atoms with Crippen molar-refractivity contribution in [1.82, 2.24) is 9.21 Å². The molecule has 9 heteroatoms.